The van der Waals surface area contributed by atoms with E-state index in [1.807, 2.05) is 0 Å². The summed E-state index contributed by atoms with van der Waals surface area (Å²) in [5.41, 5.74) is 0.585. The van der Waals surface area contributed by atoms with Crippen molar-refractivity contribution in [3.63, 3.8) is 0 Å². The highest BCUT2D eigenvalue weighted by molar-refractivity contribution is 7.15. The maximum atomic E-state index is 12.4. The number of H-pyrrole nitrogens is 1. The Hall–Kier alpha value is -1.23. The largest absolute Gasteiger partial charge is 0.311 e. The zero-order valence-corrected chi connectivity index (χ0v) is 6.11. The first-order valence-electron chi connectivity index (χ1n) is 2.91. The number of halogens is 1. The fourth-order valence-electron chi connectivity index (χ4n) is 0.814. The lowest BCUT2D eigenvalue weighted by molar-refractivity contribution is 0.589. The second kappa shape index (κ2) is 2.13. The van der Waals surface area contributed by atoms with Gasteiger partial charge in [-0.2, -0.15) is 4.39 Å². The lowest BCUT2D eigenvalue weighted by Crippen LogP contribution is -1.89. The van der Waals surface area contributed by atoms with Gasteiger partial charge in [-0.25, -0.2) is 4.98 Å². The molecule has 2 aromatic rings. The summed E-state index contributed by atoms with van der Waals surface area (Å²) in [4.78, 5) is 16.9. The van der Waals surface area contributed by atoms with Crippen LogP contribution in [-0.2, 0) is 0 Å². The van der Waals surface area contributed by atoms with Crippen LogP contribution in [0.3, 0.4) is 0 Å². The predicted octanol–water partition coefficient (Wildman–Crippen LogP) is 1.12. The Morgan fingerprint density at radius 1 is 1.55 bits per heavy atom. The van der Waals surface area contributed by atoms with Crippen molar-refractivity contribution < 1.29 is 4.39 Å². The van der Waals surface area contributed by atoms with Gasteiger partial charge < -0.3 is 4.98 Å². The molecule has 3 nitrogen and oxygen atoms in total. The summed E-state index contributed by atoms with van der Waals surface area (Å²) in [7, 11) is 0. The van der Waals surface area contributed by atoms with Gasteiger partial charge in [0.1, 0.15) is 4.83 Å². The van der Waals surface area contributed by atoms with Crippen molar-refractivity contribution in [1.82, 2.24) is 9.97 Å². The van der Waals surface area contributed by atoms with Crippen LogP contribution in [-0.4, -0.2) is 9.97 Å². The molecular formula is C6H3FN2OS. The first kappa shape index (κ1) is 6.48. The molecule has 0 aromatic carbocycles. The summed E-state index contributed by atoms with van der Waals surface area (Å²) in [5.74, 6) is -0.562. The monoisotopic (exact) mass is 170 g/mol. The molecule has 5 heteroatoms. The molecule has 0 saturated carbocycles. The summed E-state index contributed by atoms with van der Waals surface area (Å²) in [6, 6.07) is 2.71. The molecule has 0 aliphatic heterocycles. The average molecular weight is 170 g/mol. The van der Waals surface area contributed by atoms with E-state index in [0.29, 0.717) is 10.3 Å². The van der Waals surface area contributed by atoms with E-state index in [1.54, 1.807) is 0 Å². The molecule has 0 spiro atoms. The third-order valence-electron chi connectivity index (χ3n) is 1.25. The molecule has 0 aliphatic rings. The molecule has 2 aromatic heterocycles. The number of fused-ring (bicyclic) bond motifs is 1. The van der Waals surface area contributed by atoms with Crippen molar-refractivity contribution in [2.24, 2.45) is 0 Å². The van der Waals surface area contributed by atoms with E-state index in [1.165, 1.54) is 12.1 Å². The summed E-state index contributed by atoms with van der Waals surface area (Å²) < 4.78 is 12.4. The minimum absolute atomic E-state index is 0.210. The second-order valence-corrected chi connectivity index (χ2v) is 2.96. The first-order valence-corrected chi connectivity index (χ1v) is 3.73. The minimum Gasteiger partial charge on any atom is -0.311 e. The number of aromatic nitrogens is 2. The highest BCUT2D eigenvalue weighted by Crippen LogP contribution is 2.10. The molecule has 1 N–H and O–H groups in total. The van der Waals surface area contributed by atoms with Gasteiger partial charge in [-0.1, -0.05) is 11.3 Å². The summed E-state index contributed by atoms with van der Waals surface area (Å²) in [6.45, 7) is 0. The maximum Gasteiger partial charge on any atom is 0.307 e. The summed E-state index contributed by atoms with van der Waals surface area (Å²) in [6.07, 6.45) is 0. The van der Waals surface area contributed by atoms with Crippen molar-refractivity contribution in [2.45, 2.75) is 0 Å². The third-order valence-corrected chi connectivity index (χ3v) is 2.04. The maximum absolute atomic E-state index is 12.4. The fraction of sp³-hybridized carbons (Fsp3) is 0. The number of nitrogens with one attached hydrogen (secondary N) is 1. The number of thiazole rings is 1. The van der Waals surface area contributed by atoms with Crippen LogP contribution in [0.1, 0.15) is 0 Å². The Balaban J connectivity index is 2.92. The number of pyridine rings is 1. The van der Waals surface area contributed by atoms with Crippen LogP contribution in [0.2, 0.25) is 0 Å². The van der Waals surface area contributed by atoms with Gasteiger partial charge in [-0.3, -0.25) is 4.79 Å². The van der Waals surface area contributed by atoms with Crippen LogP contribution < -0.4 is 4.87 Å². The highest BCUT2D eigenvalue weighted by atomic mass is 32.1. The highest BCUT2D eigenvalue weighted by Gasteiger charge is 2.00. The number of hydrogen-bond acceptors (Lipinski definition) is 3. The van der Waals surface area contributed by atoms with Crippen LogP contribution in [0.15, 0.2) is 16.9 Å². The molecular weight excluding hydrogens is 167 g/mol. The molecule has 11 heavy (non-hydrogen) atoms. The molecule has 2 rings (SSSR count). The Morgan fingerprint density at radius 3 is 3.18 bits per heavy atom. The van der Waals surface area contributed by atoms with Crippen LogP contribution >= 0.6 is 11.3 Å². The number of hydrogen-bond donors (Lipinski definition) is 1. The van der Waals surface area contributed by atoms with Crippen molar-refractivity contribution in [2.75, 3.05) is 0 Å². The predicted molar refractivity (Wildman–Crippen MR) is 40.2 cm³/mol. The molecule has 2 heterocycles. The zero-order valence-electron chi connectivity index (χ0n) is 5.30. The first-order chi connectivity index (χ1) is 5.25. The average Bonchev–Trinajstić information content (AvgIpc) is 2.27. The molecule has 0 bridgehead atoms. The van der Waals surface area contributed by atoms with E-state index in [-0.39, 0.29) is 4.87 Å². The number of nitrogens with zero attached hydrogens (tertiary/aromatic N) is 1. The number of rotatable bonds is 0. The molecule has 0 radical (unpaired) electrons. The normalized spacial score (nSPS) is 10.6. The second-order valence-electron chi connectivity index (χ2n) is 2.00. The van der Waals surface area contributed by atoms with Crippen molar-refractivity contribution in [3.05, 3.63) is 27.7 Å². The molecule has 0 fully saturated rings. The number of aromatic amines is 1. The van der Waals surface area contributed by atoms with Crippen LogP contribution in [0.5, 0.6) is 0 Å². The quantitative estimate of drug-likeness (QED) is 0.602. The standard InChI is InChI=1S/C6H3FN2OS/c7-4-2-1-3-5(9-4)11-6(10)8-3/h1-2H,(H,8,10). The SMILES string of the molecule is O=c1[nH]c2ccc(F)nc2s1. The Kier molecular flexibility index (Phi) is 1.25. The Labute approximate surface area is 64.5 Å². The van der Waals surface area contributed by atoms with Gasteiger partial charge in [0.15, 0.2) is 0 Å². The zero-order chi connectivity index (χ0) is 7.84. The summed E-state index contributed by atoms with van der Waals surface area (Å²) in [5, 5.41) is 0. The smallest absolute Gasteiger partial charge is 0.307 e. The third kappa shape index (κ3) is 1.03. The van der Waals surface area contributed by atoms with Crippen molar-refractivity contribution in [3.8, 4) is 0 Å². The van der Waals surface area contributed by atoms with Crippen LogP contribution in [0.4, 0.5) is 4.39 Å². The van der Waals surface area contributed by atoms with Gasteiger partial charge in [-0.05, 0) is 12.1 Å². The van der Waals surface area contributed by atoms with Crippen molar-refractivity contribution in [1.29, 1.82) is 0 Å². The van der Waals surface area contributed by atoms with E-state index in [9.17, 15) is 9.18 Å². The van der Waals surface area contributed by atoms with Gasteiger partial charge in [0.2, 0.25) is 5.95 Å². The molecule has 56 valence electrons. The lowest BCUT2D eigenvalue weighted by atomic mass is 10.4. The lowest BCUT2D eigenvalue weighted by Gasteiger charge is -1.85. The Morgan fingerprint density at radius 2 is 2.36 bits per heavy atom. The van der Waals surface area contributed by atoms with Crippen LogP contribution in [0.25, 0.3) is 10.3 Å². The minimum atomic E-state index is -0.562. The molecule has 0 atom stereocenters. The van der Waals surface area contributed by atoms with E-state index < -0.39 is 5.95 Å². The molecule has 0 saturated heterocycles. The molecule has 0 amide bonds. The van der Waals surface area contributed by atoms with Gasteiger partial charge in [0.25, 0.3) is 0 Å². The van der Waals surface area contributed by atoms with Gasteiger partial charge in [-0.15, -0.1) is 0 Å². The summed E-state index contributed by atoms with van der Waals surface area (Å²) >= 11 is 0.904. The van der Waals surface area contributed by atoms with Crippen LogP contribution in [0, 0.1) is 5.95 Å². The molecule has 0 unspecified atom stereocenters. The Bertz CT molecular complexity index is 447. The van der Waals surface area contributed by atoms with E-state index in [4.69, 9.17) is 0 Å². The fourth-order valence-corrected chi connectivity index (χ4v) is 1.51. The topological polar surface area (TPSA) is 45.8 Å². The van der Waals surface area contributed by atoms with Crippen molar-refractivity contribution >= 4 is 21.7 Å². The van der Waals surface area contributed by atoms with Gasteiger partial charge >= 0.3 is 4.87 Å². The van der Waals surface area contributed by atoms with E-state index >= 15 is 0 Å². The van der Waals surface area contributed by atoms with Gasteiger partial charge in [0.05, 0.1) is 5.52 Å². The molecule has 0 aliphatic carbocycles. The van der Waals surface area contributed by atoms with E-state index in [0.717, 1.165) is 11.3 Å². The van der Waals surface area contributed by atoms with E-state index in [2.05, 4.69) is 9.97 Å². The van der Waals surface area contributed by atoms with Gasteiger partial charge in [0, 0.05) is 0 Å².